The van der Waals surface area contributed by atoms with Crippen molar-refractivity contribution < 1.29 is 14.7 Å². The molecule has 1 aliphatic heterocycles. The highest BCUT2D eigenvalue weighted by Gasteiger charge is 2.50. The molecule has 2 aromatic rings. The largest absolute Gasteiger partial charge is 0.392 e. The predicted molar refractivity (Wildman–Crippen MR) is 119 cm³/mol. The Morgan fingerprint density at radius 2 is 1.43 bits per heavy atom. The summed E-state index contributed by atoms with van der Waals surface area (Å²) in [5, 5.41) is 10.9. The summed E-state index contributed by atoms with van der Waals surface area (Å²) in [6.45, 7) is 2.44. The fourth-order valence-electron chi connectivity index (χ4n) is 4.39. The molecule has 0 aromatic heterocycles. The summed E-state index contributed by atoms with van der Waals surface area (Å²) in [6.07, 6.45) is 5.72. The molecule has 1 saturated heterocycles. The third-order valence-corrected chi connectivity index (χ3v) is 6.07. The van der Waals surface area contributed by atoms with E-state index in [1.165, 1.54) is 17.7 Å². The Hall–Kier alpha value is -2.46. The number of aliphatic hydroxyl groups is 1. The van der Waals surface area contributed by atoms with Crippen molar-refractivity contribution in [1.82, 2.24) is 4.90 Å². The number of amides is 2. The van der Waals surface area contributed by atoms with Gasteiger partial charge in [-0.2, -0.15) is 0 Å². The molecule has 2 amide bonds. The van der Waals surface area contributed by atoms with E-state index in [2.05, 4.69) is 6.92 Å². The molecule has 0 spiro atoms. The summed E-state index contributed by atoms with van der Waals surface area (Å²) in [5.41, 5.74) is 1.94. The highest BCUT2D eigenvalue weighted by molar-refractivity contribution is 6.05. The van der Waals surface area contributed by atoms with Gasteiger partial charge in [0.25, 0.3) is 0 Å². The number of aliphatic hydroxyl groups excluding tert-OH is 1. The van der Waals surface area contributed by atoms with Crippen molar-refractivity contribution in [3.8, 4) is 0 Å². The standard InChI is InChI=1S/C26H33NO3/c1-2-3-4-5-12-17-23(28)24-22(18-20-13-8-6-9-14-20)25(29)27(26(24)30)19-21-15-10-7-11-16-21/h6-11,13-16,22-24,28H,2-5,12,17-19H2,1H3/t22-,23?,24+/m0/s1. The number of carbonyl (C=O) groups excluding carboxylic acids is 2. The van der Waals surface area contributed by atoms with Crippen molar-refractivity contribution in [1.29, 1.82) is 0 Å². The Morgan fingerprint density at radius 3 is 2.07 bits per heavy atom. The lowest BCUT2D eigenvalue weighted by atomic mass is 9.83. The molecule has 1 unspecified atom stereocenters. The van der Waals surface area contributed by atoms with Gasteiger partial charge in [0.15, 0.2) is 0 Å². The van der Waals surface area contributed by atoms with Crippen LogP contribution in [0.15, 0.2) is 60.7 Å². The molecule has 4 nitrogen and oxygen atoms in total. The SMILES string of the molecule is CCCCCCCC(O)[C@@H]1C(=O)N(Cc2ccccc2)C(=O)[C@H]1Cc1ccccc1. The van der Waals surface area contributed by atoms with Gasteiger partial charge in [0.05, 0.1) is 24.5 Å². The molecule has 0 saturated carbocycles. The summed E-state index contributed by atoms with van der Waals surface area (Å²) in [6, 6.07) is 19.4. The van der Waals surface area contributed by atoms with Crippen LogP contribution in [-0.4, -0.2) is 27.9 Å². The lowest BCUT2D eigenvalue weighted by molar-refractivity contribution is -0.141. The molecule has 4 heteroatoms. The van der Waals surface area contributed by atoms with Crippen LogP contribution in [0.2, 0.25) is 0 Å². The molecule has 3 atom stereocenters. The van der Waals surface area contributed by atoms with E-state index < -0.39 is 17.9 Å². The van der Waals surface area contributed by atoms with Crippen LogP contribution in [0.5, 0.6) is 0 Å². The molecule has 1 aliphatic rings. The van der Waals surface area contributed by atoms with Crippen LogP contribution in [0.1, 0.15) is 56.6 Å². The molecule has 1 fully saturated rings. The molecule has 0 radical (unpaired) electrons. The second-order valence-electron chi connectivity index (χ2n) is 8.34. The van der Waals surface area contributed by atoms with Gasteiger partial charge >= 0.3 is 0 Å². The average molecular weight is 408 g/mol. The smallest absolute Gasteiger partial charge is 0.236 e. The number of nitrogens with zero attached hydrogens (tertiary/aromatic N) is 1. The van der Waals surface area contributed by atoms with Crippen LogP contribution >= 0.6 is 0 Å². The second-order valence-corrected chi connectivity index (χ2v) is 8.34. The number of hydrogen-bond acceptors (Lipinski definition) is 3. The first kappa shape index (κ1) is 22.2. The number of imide groups is 1. The van der Waals surface area contributed by atoms with E-state index in [-0.39, 0.29) is 18.4 Å². The van der Waals surface area contributed by atoms with Gasteiger partial charge in [-0.05, 0) is 24.0 Å². The highest BCUT2D eigenvalue weighted by atomic mass is 16.3. The first-order chi connectivity index (χ1) is 14.6. The fraction of sp³-hybridized carbons (Fsp3) is 0.462. The number of rotatable bonds is 11. The van der Waals surface area contributed by atoms with E-state index in [0.29, 0.717) is 12.8 Å². The Balaban J connectivity index is 1.75. The molecule has 30 heavy (non-hydrogen) atoms. The van der Waals surface area contributed by atoms with Crippen molar-refractivity contribution in [3.05, 3.63) is 71.8 Å². The predicted octanol–water partition coefficient (Wildman–Crippen LogP) is 4.75. The average Bonchev–Trinajstić information content (AvgIpc) is 2.99. The lowest BCUT2D eigenvalue weighted by Gasteiger charge is -2.21. The van der Waals surface area contributed by atoms with Crippen molar-refractivity contribution in [2.24, 2.45) is 11.8 Å². The number of hydrogen-bond donors (Lipinski definition) is 1. The third-order valence-electron chi connectivity index (χ3n) is 6.07. The zero-order valence-electron chi connectivity index (χ0n) is 17.9. The fourth-order valence-corrected chi connectivity index (χ4v) is 4.39. The van der Waals surface area contributed by atoms with Gasteiger partial charge in [-0.3, -0.25) is 14.5 Å². The minimum atomic E-state index is -0.780. The Kier molecular flexibility index (Phi) is 8.21. The maximum absolute atomic E-state index is 13.2. The Bertz CT molecular complexity index is 806. The van der Waals surface area contributed by atoms with Gasteiger partial charge in [-0.1, -0.05) is 99.7 Å². The number of carbonyl (C=O) groups is 2. The van der Waals surface area contributed by atoms with Crippen molar-refractivity contribution in [3.63, 3.8) is 0 Å². The molecule has 0 bridgehead atoms. The van der Waals surface area contributed by atoms with Crippen molar-refractivity contribution >= 4 is 11.8 Å². The maximum atomic E-state index is 13.2. The van der Waals surface area contributed by atoms with Gasteiger partial charge < -0.3 is 5.11 Å². The molecule has 2 aromatic carbocycles. The minimum Gasteiger partial charge on any atom is -0.392 e. The number of benzene rings is 2. The first-order valence-corrected chi connectivity index (χ1v) is 11.2. The van der Waals surface area contributed by atoms with Crippen LogP contribution in [0, 0.1) is 11.8 Å². The zero-order chi connectivity index (χ0) is 21.3. The second kappa shape index (κ2) is 11.1. The summed E-state index contributed by atoms with van der Waals surface area (Å²) in [5.74, 6) is -1.56. The van der Waals surface area contributed by atoms with Gasteiger partial charge in [0.2, 0.25) is 11.8 Å². The molecule has 160 valence electrons. The summed E-state index contributed by atoms with van der Waals surface area (Å²) in [7, 11) is 0. The lowest BCUT2D eigenvalue weighted by Crippen LogP contribution is -2.34. The molecular formula is C26H33NO3. The van der Waals surface area contributed by atoms with Gasteiger partial charge in [-0.25, -0.2) is 0 Å². The van der Waals surface area contributed by atoms with E-state index in [1.54, 1.807) is 0 Å². The molecule has 1 heterocycles. The van der Waals surface area contributed by atoms with E-state index in [0.717, 1.165) is 30.4 Å². The van der Waals surface area contributed by atoms with Gasteiger partial charge in [-0.15, -0.1) is 0 Å². The maximum Gasteiger partial charge on any atom is 0.236 e. The summed E-state index contributed by atoms with van der Waals surface area (Å²) >= 11 is 0. The molecular weight excluding hydrogens is 374 g/mol. The van der Waals surface area contributed by atoms with Crippen LogP contribution in [0.25, 0.3) is 0 Å². The van der Waals surface area contributed by atoms with Crippen LogP contribution in [0.4, 0.5) is 0 Å². The number of likely N-dealkylation sites (tertiary alicyclic amines) is 1. The van der Waals surface area contributed by atoms with Gasteiger partial charge in [0, 0.05) is 0 Å². The quantitative estimate of drug-likeness (QED) is 0.432. The van der Waals surface area contributed by atoms with Crippen LogP contribution in [0.3, 0.4) is 0 Å². The van der Waals surface area contributed by atoms with Crippen molar-refractivity contribution in [2.45, 2.75) is 64.5 Å². The first-order valence-electron chi connectivity index (χ1n) is 11.2. The monoisotopic (exact) mass is 407 g/mol. The highest BCUT2D eigenvalue weighted by Crippen LogP contribution is 2.34. The minimum absolute atomic E-state index is 0.164. The van der Waals surface area contributed by atoms with E-state index in [1.807, 2.05) is 60.7 Å². The Labute approximate surface area is 179 Å². The summed E-state index contributed by atoms with van der Waals surface area (Å²) in [4.78, 5) is 27.8. The number of unbranched alkanes of at least 4 members (excludes halogenated alkanes) is 4. The molecule has 3 rings (SSSR count). The third kappa shape index (κ3) is 5.57. The zero-order valence-corrected chi connectivity index (χ0v) is 17.9. The topological polar surface area (TPSA) is 57.6 Å². The molecule has 0 aliphatic carbocycles. The van der Waals surface area contributed by atoms with Gasteiger partial charge in [0.1, 0.15) is 0 Å². The van der Waals surface area contributed by atoms with E-state index in [4.69, 9.17) is 0 Å². The van der Waals surface area contributed by atoms with E-state index >= 15 is 0 Å². The van der Waals surface area contributed by atoms with Crippen LogP contribution < -0.4 is 0 Å². The van der Waals surface area contributed by atoms with Crippen LogP contribution in [-0.2, 0) is 22.6 Å². The van der Waals surface area contributed by atoms with E-state index in [9.17, 15) is 14.7 Å². The normalized spacial score (nSPS) is 20.0. The molecule has 1 N–H and O–H groups in total. The Morgan fingerprint density at radius 1 is 0.833 bits per heavy atom. The summed E-state index contributed by atoms with van der Waals surface area (Å²) < 4.78 is 0. The van der Waals surface area contributed by atoms with Crippen molar-refractivity contribution in [2.75, 3.05) is 0 Å².